The number of halogens is 1. The molecule has 1 saturated heterocycles. The van der Waals surface area contributed by atoms with Gasteiger partial charge in [0.05, 0.1) is 37.6 Å². The average Bonchev–Trinajstić information content (AvgIpc) is 3.79. The molecule has 1 aliphatic rings. The summed E-state index contributed by atoms with van der Waals surface area (Å²) in [5, 5.41) is 13.5. The van der Waals surface area contributed by atoms with Crippen LogP contribution in [0.2, 0.25) is 0 Å². The van der Waals surface area contributed by atoms with Crippen molar-refractivity contribution in [2.45, 2.75) is 181 Å². The molecule has 1 amide bonds. The Hall–Kier alpha value is -5.69. The molecule has 1 fully saturated rings. The third-order valence-electron chi connectivity index (χ3n) is 11.0. The molecule has 4 atom stereocenters. The molecule has 0 aliphatic carbocycles. The zero-order valence-corrected chi connectivity index (χ0v) is 37.9. The number of fused-ring (bicyclic) bond motifs is 1. The van der Waals surface area contributed by atoms with Gasteiger partial charge < -0.3 is 42.2 Å². The van der Waals surface area contributed by atoms with Crippen LogP contribution in [0, 0.1) is 13.0 Å². The van der Waals surface area contributed by atoms with Gasteiger partial charge in [-0.25, -0.2) is 19.4 Å². The Bertz CT molecular complexity index is 2240. The first-order valence-corrected chi connectivity index (χ1v) is 22.6. The molecule has 1 aliphatic heterocycles. The van der Waals surface area contributed by atoms with E-state index in [2.05, 4.69) is 27.2 Å². The van der Waals surface area contributed by atoms with Crippen LogP contribution in [-0.4, -0.2) is 78.6 Å². The first kappa shape index (κ1) is 50.3. The number of anilines is 1. The molecule has 0 radical (unpaired) electrons. The molecule has 2 N–H and O–H groups in total. The number of esters is 3. The minimum atomic E-state index is -1.40. The number of aryl methyl sites for hydroxylation is 1. The molecule has 4 heterocycles. The lowest BCUT2D eigenvalue weighted by atomic mass is 9.98. The largest absolute Gasteiger partial charge is 0.519 e. The number of ether oxygens (including phenoxy) is 5. The molecule has 65 heavy (non-hydrogen) atoms. The number of nitrogens with one attached hydrogen (secondary N) is 1. The lowest BCUT2D eigenvalue weighted by Crippen LogP contribution is -2.50. The van der Waals surface area contributed by atoms with Crippen LogP contribution in [0.15, 0.2) is 44.2 Å². The minimum absolute atomic E-state index is 0.00337. The van der Waals surface area contributed by atoms with Crippen LogP contribution >= 0.6 is 0 Å². The number of aromatic nitrogens is 4. The Morgan fingerprint density at radius 1 is 0.938 bits per heavy atom. The molecule has 3 aromatic heterocycles. The standard InChI is InChI=1S/C46H62FN5O13/c1-6-7-8-9-10-11-12-13-14-15-16-17-18-23-36(54)62-34-22-20-19-21-32(34)42(56)64-39-30(3)60-31(24-33(39)53)26-52-28-48-38-40(49-43(47)51-41(38)52)50-44(57)65-46(4,5)25-37(55)59-27-35-29(2)61-45(58)63-35/h19-22,28,30-31,33,39,53H,6-18,23-27H2,1-5H3,(H,49,50,51,57)/t30?,31-,33+,39?/m1/s1. The summed E-state index contributed by atoms with van der Waals surface area (Å²) in [4.78, 5) is 74.5. The lowest BCUT2D eigenvalue weighted by Gasteiger charge is -2.37. The molecular weight excluding hydrogens is 850 g/mol. The highest BCUT2D eigenvalue weighted by molar-refractivity contribution is 5.94. The van der Waals surface area contributed by atoms with Gasteiger partial charge in [-0.3, -0.25) is 14.9 Å². The normalized spacial score (nSPS) is 17.5. The number of carbonyl (C=O) groups excluding carboxylic acids is 4. The molecule has 0 spiro atoms. The molecule has 2 unspecified atom stereocenters. The Balaban J connectivity index is 1.06. The van der Waals surface area contributed by atoms with Gasteiger partial charge in [-0.15, -0.1) is 0 Å². The van der Waals surface area contributed by atoms with Gasteiger partial charge in [0, 0.05) is 12.8 Å². The third kappa shape index (κ3) is 15.8. The number of nitrogens with zero attached hydrogens (tertiary/aromatic N) is 4. The number of para-hydroxylation sites is 1. The van der Waals surface area contributed by atoms with Gasteiger partial charge >= 0.3 is 35.9 Å². The zero-order chi connectivity index (χ0) is 46.9. The molecule has 1 aromatic carbocycles. The first-order chi connectivity index (χ1) is 31.1. The summed E-state index contributed by atoms with van der Waals surface area (Å²) in [5.74, 6) is -3.00. The number of unbranched alkanes of at least 4 members (excludes halogenated alkanes) is 12. The molecular formula is C46H62FN5O13. The fraction of sp³-hybridized carbons (Fsp3) is 0.609. The van der Waals surface area contributed by atoms with E-state index in [1.165, 1.54) is 102 Å². The van der Waals surface area contributed by atoms with E-state index in [0.717, 1.165) is 19.3 Å². The van der Waals surface area contributed by atoms with Crippen LogP contribution in [0.3, 0.4) is 0 Å². The van der Waals surface area contributed by atoms with Gasteiger partial charge in [0.25, 0.3) is 0 Å². The summed E-state index contributed by atoms with van der Waals surface area (Å²) in [6.45, 7) is 7.90. The van der Waals surface area contributed by atoms with E-state index >= 15 is 0 Å². The van der Waals surface area contributed by atoms with E-state index in [0.29, 0.717) is 6.42 Å². The molecule has 4 aromatic rings. The molecule has 18 nitrogen and oxygen atoms in total. The van der Waals surface area contributed by atoms with Crippen LogP contribution in [0.25, 0.3) is 11.2 Å². The van der Waals surface area contributed by atoms with Crippen LogP contribution in [-0.2, 0) is 41.7 Å². The second-order valence-corrected chi connectivity index (χ2v) is 17.1. The molecule has 19 heteroatoms. The Labute approximate surface area is 376 Å². The zero-order valence-electron chi connectivity index (χ0n) is 37.9. The quantitative estimate of drug-likeness (QED) is 0.0209. The Morgan fingerprint density at radius 2 is 1.60 bits per heavy atom. The molecule has 356 valence electrons. The maximum atomic E-state index is 14.8. The van der Waals surface area contributed by atoms with E-state index in [1.54, 1.807) is 19.1 Å². The highest BCUT2D eigenvalue weighted by Crippen LogP contribution is 2.29. The summed E-state index contributed by atoms with van der Waals surface area (Å²) in [6, 6.07) is 6.28. The van der Waals surface area contributed by atoms with Crippen molar-refractivity contribution in [3.05, 3.63) is 64.4 Å². The summed E-state index contributed by atoms with van der Waals surface area (Å²) in [5.41, 5.74) is -1.36. The predicted molar refractivity (Wildman–Crippen MR) is 232 cm³/mol. The number of hydrogen-bond acceptors (Lipinski definition) is 16. The number of carbonyl (C=O) groups is 4. The van der Waals surface area contributed by atoms with Crippen molar-refractivity contribution in [2.24, 2.45) is 0 Å². The van der Waals surface area contributed by atoms with Crippen molar-refractivity contribution in [3.8, 4) is 5.75 Å². The molecule has 0 saturated carbocycles. The van der Waals surface area contributed by atoms with Crippen LogP contribution in [0.4, 0.5) is 15.0 Å². The fourth-order valence-electron chi connectivity index (χ4n) is 7.63. The topological polar surface area (TPSA) is 234 Å². The Kier molecular flexibility index (Phi) is 19.0. The summed E-state index contributed by atoms with van der Waals surface area (Å²) < 4.78 is 53.7. The summed E-state index contributed by atoms with van der Waals surface area (Å²) in [7, 11) is 0. The number of aliphatic hydroxyl groups excluding tert-OH is 1. The van der Waals surface area contributed by atoms with Crippen molar-refractivity contribution in [1.82, 2.24) is 19.5 Å². The second kappa shape index (κ2) is 24.6. The SMILES string of the molecule is CCCCCCCCCCCCCCCC(=O)Oc1ccccc1C(=O)OC1C(C)O[C@@H](Cn2cnc3c(NC(=O)OC(C)(C)CC(=O)OCc4oc(=O)oc4C)nc(F)nc32)C[C@@H]1O. The maximum absolute atomic E-state index is 14.8. The number of imidazole rings is 1. The van der Waals surface area contributed by atoms with Crippen molar-refractivity contribution < 1.29 is 61.2 Å². The van der Waals surface area contributed by atoms with E-state index < -0.39 is 72.3 Å². The lowest BCUT2D eigenvalue weighted by molar-refractivity contribution is -0.166. The highest BCUT2D eigenvalue weighted by atomic mass is 19.1. The summed E-state index contributed by atoms with van der Waals surface area (Å²) >= 11 is 0. The minimum Gasteiger partial charge on any atom is -0.457 e. The van der Waals surface area contributed by atoms with Crippen molar-refractivity contribution in [2.75, 3.05) is 5.32 Å². The number of hydrogen-bond donors (Lipinski definition) is 2. The predicted octanol–water partition coefficient (Wildman–Crippen LogP) is 8.43. The molecule has 0 bridgehead atoms. The van der Waals surface area contributed by atoms with Crippen LogP contribution in [0.1, 0.15) is 152 Å². The van der Waals surface area contributed by atoms with Crippen molar-refractivity contribution >= 4 is 41.0 Å². The monoisotopic (exact) mass is 911 g/mol. The third-order valence-corrected chi connectivity index (χ3v) is 11.0. The highest BCUT2D eigenvalue weighted by Gasteiger charge is 2.39. The second-order valence-electron chi connectivity index (χ2n) is 17.1. The van der Waals surface area contributed by atoms with Crippen molar-refractivity contribution in [1.29, 1.82) is 0 Å². The van der Waals surface area contributed by atoms with E-state index in [-0.39, 0.29) is 65.8 Å². The van der Waals surface area contributed by atoms with Gasteiger partial charge in [-0.2, -0.15) is 14.4 Å². The maximum Gasteiger partial charge on any atom is 0.519 e. The van der Waals surface area contributed by atoms with Gasteiger partial charge in [0.2, 0.25) is 0 Å². The van der Waals surface area contributed by atoms with Crippen LogP contribution < -0.4 is 15.9 Å². The number of aliphatic hydroxyl groups is 1. The van der Waals surface area contributed by atoms with Gasteiger partial charge in [-0.1, -0.05) is 96.1 Å². The van der Waals surface area contributed by atoms with Gasteiger partial charge in [-0.05, 0) is 46.2 Å². The van der Waals surface area contributed by atoms with Crippen LogP contribution in [0.5, 0.6) is 5.75 Å². The van der Waals surface area contributed by atoms with Crippen molar-refractivity contribution in [3.63, 3.8) is 0 Å². The summed E-state index contributed by atoms with van der Waals surface area (Å²) in [6.07, 6.45) is 10.7. The number of benzene rings is 1. The van der Waals surface area contributed by atoms with E-state index in [1.807, 2.05) is 0 Å². The van der Waals surface area contributed by atoms with E-state index in [9.17, 15) is 33.5 Å². The number of rotatable bonds is 25. The molecule has 5 rings (SSSR count). The smallest absolute Gasteiger partial charge is 0.457 e. The first-order valence-electron chi connectivity index (χ1n) is 22.6. The van der Waals surface area contributed by atoms with E-state index in [4.69, 9.17) is 32.5 Å². The van der Waals surface area contributed by atoms with Gasteiger partial charge in [0.15, 0.2) is 41.2 Å². The average molecular weight is 912 g/mol. The fourth-order valence-corrected chi connectivity index (χ4v) is 7.63. The number of amides is 1. The Morgan fingerprint density at radius 3 is 2.25 bits per heavy atom. The van der Waals surface area contributed by atoms with Gasteiger partial charge in [0.1, 0.15) is 16.9 Å².